The summed E-state index contributed by atoms with van der Waals surface area (Å²) < 4.78 is 0. The first-order valence-electron chi connectivity index (χ1n) is 4.88. The molecule has 15 heavy (non-hydrogen) atoms. The highest BCUT2D eigenvalue weighted by Crippen LogP contribution is 2.05. The normalized spacial score (nSPS) is 8.67. The van der Waals surface area contributed by atoms with E-state index in [1.54, 1.807) is 12.4 Å². The van der Waals surface area contributed by atoms with Gasteiger partial charge in [0, 0.05) is 32.2 Å². The Morgan fingerprint density at radius 2 is 1.20 bits per heavy atom. The third-order valence-electron chi connectivity index (χ3n) is 1.85. The maximum Gasteiger partial charge on any atom is 0.0391 e. The summed E-state index contributed by atoms with van der Waals surface area (Å²) in [7, 11) is 4.02. The molecule has 78 valence electrons. The van der Waals surface area contributed by atoms with Gasteiger partial charge in [-0.15, -0.1) is 0 Å². The van der Waals surface area contributed by atoms with Crippen molar-refractivity contribution < 1.29 is 0 Å². The van der Waals surface area contributed by atoms with Crippen LogP contribution in [0, 0.1) is 0 Å². The van der Waals surface area contributed by atoms with Gasteiger partial charge in [0.05, 0.1) is 0 Å². The van der Waals surface area contributed by atoms with Crippen LogP contribution in [0.1, 0.15) is 0 Å². The Labute approximate surface area is 91.2 Å². The minimum absolute atomic E-state index is 1.19. The van der Waals surface area contributed by atoms with Crippen molar-refractivity contribution in [2.75, 3.05) is 19.0 Å². The van der Waals surface area contributed by atoms with Crippen LogP contribution in [0.4, 0.5) is 5.69 Å². The lowest BCUT2D eigenvalue weighted by Gasteiger charge is -2.10. The topological polar surface area (TPSA) is 16.1 Å². The molecule has 0 atom stereocenters. The Kier molecular flexibility index (Phi) is 4.95. The molecular formula is C13H16N2. The molecule has 0 unspecified atom stereocenters. The first-order chi connectivity index (χ1) is 7.30. The fourth-order valence-corrected chi connectivity index (χ4v) is 1.03. The molecular weight excluding hydrogens is 184 g/mol. The van der Waals surface area contributed by atoms with Crippen molar-refractivity contribution >= 4 is 5.69 Å². The minimum atomic E-state index is 1.19. The van der Waals surface area contributed by atoms with Gasteiger partial charge in [-0.3, -0.25) is 4.98 Å². The van der Waals surface area contributed by atoms with Crippen LogP contribution >= 0.6 is 0 Å². The minimum Gasteiger partial charge on any atom is -0.378 e. The van der Waals surface area contributed by atoms with Gasteiger partial charge in [-0.2, -0.15) is 0 Å². The van der Waals surface area contributed by atoms with Crippen LogP contribution in [0.25, 0.3) is 0 Å². The van der Waals surface area contributed by atoms with Gasteiger partial charge in [0.25, 0.3) is 0 Å². The number of aromatic nitrogens is 1. The molecule has 2 heteroatoms. The summed E-state index contributed by atoms with van der Waals surface area (Å²) in [6.45, 7) is 0. The van der Waals surface area contributed by atoms with Crippen molar-refractivity contribution in [3.63, 3.8) is 0 Å². The molecule has 2 aromatic rings. The molecule has 0 amide bonds. The van der Waals surface area contributed by atoms with Crippen LogP contribution in [0.15, 0.2) is 60.9 Å². The maximum atomic E-state index is 3.90. The fourth-order valence-electron chi connectivity index (χ4n) is 1.03. The maximum absolute atomic E-state index is 3.90. The summed E-state index contributed by atoms with van der Waals surface area (Å²) in [6, 6.07) is 15.9. The van der Waals surface area contributed by atoms with Gasteiger partial charge >= 0.3 is 0 Å². The molecule has 1 aromatic carbocycles. The summed E-state index contributed by atoms with van der Waals surface area (Å²) in [4.78, 5) is 5.94. The van der Waals surface area contributed by atoms with Gasteiger partial charge in [0.15, 0.2) is 0 Å². The number of benzene rings is 1. The Bertz CT molecular complexity index is 317. The third kappa shape index (κ3) is 4.81. The highest BCUT2D eigenvalue weighted by Gasteiger charge is 1.88. The standard InChI is InChI=1S/C7H10N2.C6H6/c1-9(2)7-3-5-8-6-4-7;1-2-4-6-5-3-1/h3-6H,1-2H3;1-6H. The largest absolute Gasteiger partial charge is 0.378 e. The fraction of sp³-hybridized carbons (Fsp3) is 0.154. The number of rotatable bonds is 1. The molecule has 0 bridgehead atoms. The van der Waals surface area contributed by atoms with E-state index in [2.05, 4.69) is 4.98 Å². The van der Waals surface area contributed by atoms with Crippen LogP contribution in [0.2, 0.25) is 0 Å². The molecule has 0 spiro atoms. The summed E-state index contributed by atoms with van der Waals surface area (Å²) in [5.41, 5.74) is 1.19. The summed E-state index contributed by atoms with van der Waals surface area (Å²) in [6.07, 6.45) is 3.57. The number of nitrogens with zero attached hydrogens (tertiary/aromatic N) is 2. The van der Waals surface area contributed by atoms with E-state index in [-0.39, 0.29) is 0 Å². The van der Waals surface area contributed by atoms with Gasteiger partial charge in [-0.1, -0.05) is 36.4 Å². The predicted molar refractivity (Wildman–Crippen MR) is 65.0 cm³/mol. The molecule has 2 rings (SSSR count). The highest BCUT2D eigenvalue weighted by molar-refractivity contribution is 5.42. The van der Waals surface area contributed by atoms with Crippen LogP contribution < -0.4 is 4.90 Å². The van der Waals surface area contributed by atoms with E-state index in [0.717, 1.165) is 0 Å². The van der Waals surface area contributed by atoms with E-state index in [4.69, 9.17) is 0 Å². The molecule has 0 aliphatic heterocycles. The van der Waals surface area contributed by atoms with Gasteiger partial charge in [0.1, 0.15) is 0 Å². The van der Waals surface area contributed by atoms with Crippen LogP contribution in [-0.2, 0) is 0 Å². The van der Waals surface area contributed by atoms with Crippen LogP contribution in [0.5, 0.6) is 0 Å². The molecule has 2 nitrogen and oxygen atoms in total. The van der Waals surface area contributed by atoms with Crippen molar-refractivity contribution in [2.45, 2.75) is 0 Å². The zero-order valence-corrected chi connectivity index (χ0v) is 9.17. The van der Waals surface area contributed by atoms with Gasteiger partial charge in [0.2, 0.25) is 0 Å². The number of pyridine rings is 1. The molecule has 1 aromatic heterocycles. The number of anilines is 1. The van der Waals surface area contributed by atoms with Crippen molar-refractivity contribution in [2.24, 2.45) is 0 Å². The lowest BCUT2D eigenvalue weighted by molar-refractivity contribution is 1.12. The second-order valence-electron chi connectivity index (χ2n) is 3.25. The summed E-state index contributed by atoms with van der Waals surface area (Å²) >= 11 is 0. The molecule has 0 fully saturated rings. The molecule has 0 saturated carbocycles. The monoisotopic (exact) mass is 200 g/mol. The highest BCUT2D eigenvalue weighted by atomic mass is 15.1. The van der Waals surface area contributed by atoms with Crippen molar-refractivity contribution in [1.82, 2.24) is 4.98 Å². The molecule has 1 heterocycles. The lowest BCUT2D eigenvalue weighted by Crippen LogP contribution is -2.07. The Balaban J connectivity index is 0.000000162. The quantitative estimate of drug-likeness (QED) is 0.703. The predicted octanol–water partition coefficient (Wildman–Crippen LogP) is 2.83. The second-order valence-corrected chi connectivity index (χ2v) is 3.25. The zero-order chi connectivity index (χ0) is 10.9. The van der Waals surface area contributed by atoms with E-state index in [9.17, 15) is 0 Å². The first kappa shape index (κ1) is 11.2. The Morgan fingerprint density at radius 3 is 1.47 bits per heavy atom. The van der Waals surface area contributed by atoms with E-state index in [0.29, 0.717) is 0 Å². The Morgan fingerprint density at radius 1 is 0.800 bits per heavy atom. The van der Waals surface area contributed by atoms with E-state index in [1.807, 2.05) is 67.5 Å². The second kappa shape index (κ2) is 6.60. The van der Waals surface area contributed by atoms with E-state index >= 15 is 0 Å². The van der Waals surface area contributed by atoms with Gasteiger partial charge in [-0.25, -0.2) is 0 Å². The smallest absolute Gasteiger partial charge is 0.0391 e. The summed E-state index contributed by atoms with van der Waals surface area (Å²) in [5, 5.41) is 0. The average Bonchev–Trinajstić information content (AvgIpc) is 2.33. The van der Waals surface area contributed by atoms with Crippen LogP contribution in [0.3, 0.4) is 0 Å². The third-order valence-corrected chi connectivity index (χ3v) is 1.85. The molecule has 0 saturated heterocycles. The molecule has 0 N–H and O–H groups in total. The lowest BCUT2D eigenvalue weighted by atomic mass is 10.4. The van der Waals surface area contributed by atoms with Gasteiger partial charge < -0.3 is 4.90 Å². The zero-order valence-electron chi connectivity index (χ0n) is 9.17. The summed E-state index contributed by atoms with van der Waals surface area (Å²) in [5.74, 6) is 0. The van der Waals surface area contributed by atoms with E-state index < -0.39 is 0 Å². The van der Waals surface area contributed by atoms with E-state index in [1.165, 1.54) is 5.69 Å². The van der Waals surface area contributed by atoms with Gasteiger partial charge in [-0.05, 0) is 12.1 Å². The van der Waals surface area contributed by atoms with Crippen molar-refractivity contribution in [3.05, 3.63) is 60.9 Å². The molecule has 0 aliphatic rings. The molecule has 0 radical (unpaired) electrons. The van der Waals surface area contributed by atoms with Crippen molar-refractivity contribution in [3.8, 4) is 0 Å². The average molecular weight is 200 g/mol. The van der Waals surface area contributed by atoms with Crippen LogP contribution in [-0.4, -0.2) is 19.1 Å². The SMILES string of the molecule is CN(C)c1ccncc1.c1ccccc1. The molecule has 0 aliphatic carbocycles. The Hall–Kier alpha value is -1.83. The number of hydrogen-bond donors (Lipinski definition) is 0. The first-order valence-corrected chi connectivity index (χ1v) is 4.88. The number of hydrogen-bond acceptors (Lipinski definition) is 2. The van der Waals surface area contributed by atoms with Crippen molar-refractivity contribution in [1.29, 1.82) is 0 Å².